The molecule has 1 amide bonds. The van der Waals surface area contributed by atoms with Crippen molar-refractivity contribution >= 4 is 5.91 Å². The number of alkyl halides is 3. The molecule has 1 heterocycles. The predicted molar refractivity (Wildman–Crippen MR) is 98.1 cm³/mol. The van der Waals surface area contributed by atoms with E-state index in [1.54, 1.807) is 0 Å². The van der Waals surface area contributed by atoms with E-state index in [0.717, 1.165) is 37.6 Å². The number of benzene rings is 2. The van der Waals surface area contributed by atoms with E-state index in [-0.39, 0.29) is 18.0 Å². The Hall–Kier alpha value is -2.34. The third-order valence-corrected chi connectivity index (χ3v) is 4.85. The van der Waals surface area contributed by atoms with Crippen molar-refractivity contribution in [2.45, 2.75) is 31.5 Å². The van der Waals surface area contributed by atoms with Gasteiger partial charge in [0.15, 0.2) is 0 Å². The number of carbonyl (C=O) groups is 1. The lowest BCUT2D eigenvalue weighted by Crippen LogP contribution is -2.37. The molecule has 1 aliphatic heterocycles. The van der Waals surface area contributed by atoms with Crippen molar-refractivity contribution in [1.29, 1.82) is 0 Å². The fourth-order valence-corrected chi connectivity index (χ4v) is 3.51. The van der Waals surface area contributed by atoms with Crippen LogP contribution < -0.4 is 5.32 Å². The average molecular weight is 376 g/mol. The van der Waals surface area contributed by atoms with Crippen LogP contribution in [0.15, 0.2) is 54.6 Å². The summed E-state index contributed by atoms with van der Waals surface area (Å²) in [7, 11) is 0. The lowest BCUT2D eigenvalue weighted by Gasteiger charge is -2.25. The maximum absolute atomic E-state index is 13.2. The minimum atomic E-state index is -4.47. The van der Waals surface area contributed by atoms with E-state index >= 15 is 0 Å². The fraction of sp³-hybridized carbons (Fsp3) is 0.381. The standard InChI is InChI=1S/C21H23F3N2O/c22-21(23,24)18-11-5-4-10-17(18)14-20(27)25-19(15-26-12-6-7-13-26)16-8-2-1-3-9-16/h1-5,8-11,19H,6-7,12-15H2,(H,25,27)/t19-/m1/s1. The van der Waals surface area contributed by atoms with Gasteiger partial charge in [-0.3, -0.25) is 4.79 Å². The quantitative estimate of drug-likeness (QED) is 0.820. The second kappa shape index (κ2) is 8.57. The number of rotatable bonds is 6. The van der Waals surface area contributed by atoms with Gasteiger partial charge in [-0.25, -0.2) is 0 Å². The van der Waals surface area contributed by atoms with Crippen molar-refractivity contribution in [3.05, 3.63) is 71.3 Å². The molecule has 1 saturated heterocycles. The second-order valence-corrected chi connectivity index (χ2v) is 6.87. The van der Waals surface area contributed by atoms with Gasteiger partial charge in [-0.05, 0) is 43.1 Å². The molecule has 0 radical (unpaired) electrons. The maximum Gasteiger partial charge on any atom is 0.416 e. The molecule has 1 atom stereocenters. The van der Waals surface area contributed by atoms with Crippen LogP contribution in [0.1, 0.15) is 35.6 Å². The van der Waals surface area contributed by atoms with E-state index in [9.17, 15) is 18.0 Å². The van der Waals surface area contributed by atoms with Gasteiger partial charge < -0.3 is 10.2 Å². The first-order chi connectivity index (χ1) is 12.9. The first kappa shape index (κ1) is 19.4. The van der Waals surface area contributed by atoms with Crippen molar-refractivity contribution in [3.8, 4) is 0 Å². The Morgan fingerprint density at radius 2 is 1.63 bits per heavy atom. The monoisotopic (exact) mass is 376 g/mol. The summed E-state index contributed by atoms with van der Waals surface area (Å²) in [6, 6.07) is 14.6. The van der Waals surface area contributed by atoms with Crippen molar-refractivity contribution in [2.24, 2.45) is 0 Å². The Morgan fingerprint density at radius 1 is 1.00 bits per heavy atom. The first-order valence-electron chi connectivity index (χ1n) is 9.15. The van der Waals surface area contributed by atoms with Crippen molar-refractivity contribution < 1.29 is 18.0 Å². The van der Waals surface area contributed by atoms with E-state index in [2.05, 4.69) is 10.2 Å². The van der Waals surface area contributed by atoms with Crippen LogP contribution in [-0.4, -0.2) is 30.4 Å². The van der Waals surface area contributed by atoms with E-state index in [1.165, 1.54) is 18.2 Å². The lowest BCUT2D eigenvalue weighted by atomic mass is 10.0. The molecule has 0 spiro atoms. The second-order valence-electron chi connectivity index (χ2n) is 6.87. The number of hydrogen-bond acceptors (Lipinski definition) is 2. The Morgan fingerprint density at radius 3 is 2.30 bits per heavy atom. The molecule has 2 aromatic rings. The highest BCUT2D eigenvalue weighted by atomic mass is 19.4. The number of halogens is 3. The molecule has 0 saturated carbocycles. The number of carbonyl (C=O) groups excluding carboxylic acids is 1. The minimum absolute atomic E-state index is 0.00418. The molecule has 0 unspecified atom stereocenters. The Kier molecular flexibility index (Phi) is 6.16. The highest BCUT2D eigenvalue weighted by molar-refractivity contribution is 5.79. The smallest absolute Gasteiger partial charge is 0.348 e. The molecule has 3 nitrogen and oxygen atoms in total. The third-order valence-electron chi connectivity index (χ3n) is 4.85. The van der Waals surface area contributed by atoms with Gasteiger partial charge in [-0.2, -0.15) is 13.2 Å². The van der Waals surface area contributed by atoms with Gasteiger partial charge in [0.25, 0.3) is 0 Å². The van der Waals surface area contributed by atoms with Gasteiger partial charge in [-0.1, -0.05) is 48.5 Å². The molecular formula is C21H23F3N2O. The number of amides is 1. The summed E-state index contributed by atoms with van der Waals surface area (Å²) in [4.78, 5) is 14.8. The molecular weight excluding hydrogens is 353 g/mol. The largest absolute Gasteiger partial charge is 0.416 e. The summed E-state index contributed by atoms with van der Waals surface area (Å²) < 4.78 is 39.5. The van der Waals surface area contributed by atoms with Crippen LogP contribution in [0.3, 0.4) is 0 Å². The van der Waals surface area contributed by atoms with Crippen molar-refractivity contribution in [1.82, 2.24) is 10.2 Å². The molecule has 1 fully saturated rings. The Balaban J connectivity index is 1.73. The number of hydrogen-bond donors (Lipinski definition) is 1. The van der Waals surface area contributed by atoms with Gasteiger partial charge in [0.1, 0.15) is 0 Å². The summed E-state index contributed by atoms with van der Waals surface area (Å²) >= 11 is 0. The van der Waals surface area contributed by atoms with E-state index in [1.807, 2.05) is 30.3 Å². The highest BCUT2D eigenvalue weighted by Crippen LogP contribution is 2.32. The van der Waals surface area contributed by atoms with Crippen LogP contribution in [0.4, 0.5) is 13.2 Å². The molecule has 144 valence electrons. The van der Waals surface area contributed by atoms with Gasteiger partial charge in [0.2, 0.25) is 5.91 Å². The van der Waals surface area contributed by atoms with Crippen LogP contribution in [0.5, 0.6) is 0 Å². The molecule has 0 bridgehead atoms. The highest BCUT2D eigenvalue weighted by Gasteiger charge is 2.33. The molecule has 0 aliphatic carbocycles. The third kappa shape index (κ3) is 5.32. The van der Waals surface area contributed by atoms with Gasteiger partial charge in [-0.15, -0.1) is 0 Å². The molecule has 1 aliphatic rings. The minimum Gasteiger partial charge on any atom is -0.348 e. The van der Waals surface area contributed by atoms with Gasteiger partial charge in [0.05, 0.1) is 18.0 Å². The van der Waals surface area contributed by atoms with Crippen LogP contribution in [0.2, 0.25) is 0 Å². The Labute approximate surface area is 157 Å². The number of likely N-dealkylation sites (tertiary alicyclic amines) is 1. The van der Waals surface area contributed by atoms with Crippen LogP contribution in [0, 0.1) is 0 Å². The SMILES string of the molecule is O=C(Cc1ccccc1C(F)(F)F)N[C@H](CN1CCCC1)c1ccccc1. The molecule has 2 aromatic carbocycles. The Bertz CT molecular complexity index is 756. The maximum atomic E-state index is 13.2. The summed E-state index contributed by atoms with van der Waals surface area (Å²) in [6.07, 6.45) is -2.49. The molecule has 6 heteroatoms. The summed E-state index contributed by atoms with van der Waals surface area (Å²) in [5.74, 6) is -0.403. The van der Waals surface area contributed by atoms with Crippen LogP contribution in [-0.2, 0) is 17.4 Å². The predicted octanol–water partition coefficient (Wildman–Crippen LogP) is 4.20. The summed E-state index contributed by atoms with van der Waals surface area (Å²) in [6.45, 7) is 2.63. The zero-order valence-electron chi connectivity index (χ0n) is 15.0. The van der Waals surface area contributed by atoms with Crippen LogP contribution >= 0.6 is 0 Å². The van der Waals surface area contributed by atoms with Gasteiger partial charge in [0, 0.05) is 6.54 Å². The zero-order chi connectivity index (χ0) is 19.3. The number of nitrogens with zero attached hydrogens (tertiary/aromatic N) is 1. The number of nitrogens with one attached hydrogen (secondary N) is 1. The molecule has 1 N–H and O–H groups in total. The van der Waals surface area contributed by atoms with Crippen LogP contribution in [0.25, 0.3) is 0 Å². The van der Waals surface area contributed by atoms with E-state index in [0.29, 0.717) is 6.54 Å². The first-order valence-corrected chi connectivity index (χ1v) is 9.15. The van der Waals surface area contributed by atoms with E-state index in [4.69, 9.17) is 0 Å². The fourth-order valence-electron chi connectivity index (χ4n) is 3.51. The summed E-state index contributed by atoms with van der Waals surface area (Å²) in [5, 5.41) is 2.94. The molecule has 0 aromatic heterocycles. The lowest BCUT2D eigenvalue weighted by molar-refractivity contribution is -0.138. The molecule has 27 heavy (non-hydrogen) atoms. The molecule has 3 rings (SSSR count). The zero-order valence-corrected chi connectivity index (χ0v) is 15.0. The normalized spacial score (nSPS) is 16.3. The van der Waals surface area contributed by atoms with Gasteiger partial charge >= 0.3 is 6.18 Å². The summed E-state index contributed by atoms with van der Waals surface area (Å²) in [5.41, 5.74) is 0.202. The van der Waals surface area contributed by atoms with E-state index < -0.39 is 17.6 Å². The topological polar surface area (TPSA) is 32.3 Å². The van der Waals surface area contributed by atoms with Crippen molar-refractivity contribution in [3.63, 3.8) is 0 Å². The van der Waals surface area contributed by atoms with Crippen molar-refractivity contribution in [2.75, 3.05) is 19.6 Å². The average Bonchev–Trinajstić information content (AvgIpc) is 3.14.